The quantitative estimate of drug-likeness (QED) is 0.642. The van der Waals surface area contributed by atoms with Gasteiger partial charge >= 0.3 is 0 Å². The molecule has 0 aliphatic carbocycles. The molecule has 0 saturated heterocycles. The van der Waals surface area contributed by atoms with Crippen LogP contribution in [-0.2, 0) is 6.42 Å². The fourth-order valence-corrected chi connectivity index (χ4v) is 2.46. The highest BCUT2D eigenvalue weighted by molar-refractivity contribution is 6.34. The molecule has 3 heteroatoms. The van der Waals surface area contributed by atoms with Crippen LogP contribution in [0, 0.1) is 0 Å². The Labute approximate surface area is 111 Å². The smallest absolute Gasteiger partial charge is 0.119 e. The van der Waals surface area contributed by atoms with E-state index in [1.165, 1.54) is 11.1 Å². The van der Waals surface area contributed by atoms with E-state index in [1.807, 2.05) is 0 Å². The number of fused-ring (bicyclic) bond motifs is 1. The Morgan fingerprint density at radius 1 is 1.50 bits per heavy atom. The van der Waals surface area contributed by atoms with E-state index in [2.05, 4.69) is 37.9 Å². The number of benzene rings is 1. The van der Waals surface area contributed by atoms with E-state index in [1.54, 1.807) is 6.08 Å². The summed E-state index contributed by atoms with van der Waals surface area (Å²) in [5.41, 5.74) is 3.40. The monoisotopic (exact) mass is 241 g/mol. The molecular weight excluding hydrogens is 221 g/mol. The van der Waals surface area contributed by atoms with E-state index >= 15 is 0 Å². The van der Waals surface area contributed by atoms with E-state index in [0.717, 1.165) is 24.2 Å². The minimum Gasteiger partial charge on any atom is -0.490 e. The van der Waals surface area contributed by atoms with Gasteiger partial charge in [-0.25, -0.2) is 0 Å². The van der Waals surface area contributed by atoms with Crippen LogP contribution in [0.3, 0.4) is 0 Å². The van der Waals surface area contributed by atoms with Crippen LogP contribution in [0.2, 0.25) is 0 Å². The summed E-state index contributed by atoms with van der Waals surface area (Å²) in [7, 11) is 6.05. The third-order valence-electron chi connectivity index (χ3n) is 3.46. The van der Waals surface area contributed by atoms with Crippen molar-refractivity contribution >= 4 is 13.3 Å². The fourth-order valence-electron chi connectivity index (χ4n) is 2.46. The van der Waals surface area contributed by atoms with Gasteiger partial charge in [0.1, 0.15) is 20.2 Å². The van der Waals surface area contributed by atoms with Crippen LogP contribution in [0.4, 0.5) is 0 Å². The molecule has 2 atom stereocenters. The van der Waals surface area contributed by atoms with Crippen molar-refractivity contribution in [3.05, 3.63) is 35.9 Å². The van der Waals surface area contributed by atoms with Crippen molar-refractivity contribution in [2.45, 2.75) is 32.2 Å². The summed E-state index contributed by atoms with van der Waals surface area (Å²) < 4.78 is 5.60. The molecular formula is C15H20BNO. The summed E-state index contributed by atoms with van der Waals surface area (Å²) >= 11 is 0. The van der Waals surface area contributed by atoms with Gasteiger partial charge in [0, 0.05) is 12.6 Å². The highest BCUT2D eigenvalue weighted by Gasteiger charge is 2.19. The highest BCUT2D eigenvalue weighted by Crippen LogP contribution is 2.26. The lowest BCUT2D eigenvalue weighted by atomic mass is 9.86. The van der Waals surface area contributed by atoms with E-state index in [4.69, 9.17) is 12.6 Å². The van der Waals surface area contributed by atoms with E-state index in [9.17, 15) is 0 Å². The zero-order valence-electron chi connectivity index (χ0n) is 11.2. The predicted octanol–water partition coefficient (Wildman–Crippen LogP) is 1.68. The lowest BCUT2D eigenvalue weighted by Gasteiger charge is -2.16. The summed E-state index contributed by atoms with van der Waals surface area (Å²) in [5, 5.41) is 3.53. The molecule has 2 nitrogen and oxygen atoms in total. The Balaban J connectivity index is 2.36. The average Bonchev–Trinajstić information content (AvgIpc) is 2.48. The first-order chi connectivity index (χ1) is 8.61. The molecule has 1 aliphatic heterocycles. The summed E-state index contributed by atoms with van der Waals surface area (Å²) in [6, 6.07) is 4.65. The highest BCUT2D eigenvalue weighted by atomic mass is 16.5. The molecule has 2 rings (SSSR count). The minimum absolute atomic E-state index is 0.487. The summed E-state index contributed by atoms with van der Waals surface area (Å²) in [5.74, 6) is 1.26. The molecule has 0 amide bonds. The SMILES string of the molecule is [B]c1cc2c(cc1OCC=C)CC(C)NCC2C. The van der Waals surface area contributed by atoms with E-state index in [-0.39, 0.29) is 0 Å². The maximum absolute atomic E-state index is 6.05. The average molecular weight is 241 g/mol. The first-order valence-electron chi connectivity index (χ1n) is 6.51. The Morgan fingerprint density at radius 2 is 2.28 bits per heavy atom. The zero-order valence-corrected chi connectivity index (χ0v) is 11.2. The molecule has 0 spiro atoms. The van der Waals surface area contributed by atoms with Gasteiger partial charge in [-0.3, -0.25) is 0 Å². The second kappa shape index (κ2) is 5.62. The van der Waals surface area contributed by atoms with Gasteiger partial charge in [-0.2, -0.15) is 0 Å². The maximum atomic E-state index is 6.05. The van der Waals surface area contributed by atoms with Gasteiger partial charge in [-0.1, -0.05) is 31.1 Å². The molecule has 2 radical (unpaired) electrons. The van der Waals surface area contributed by atoms with E-state index in [0.29, 0.717) is 18.6 Å². The van der Waals surface area contributed by atoms with Crippen molar-refractivity contribution < 1.29 is 4.74 Å². The van der Waals surface area contributed by atoms with Gasteiger partial charge in [-0.15, -0.1) is 0 Å². The number of ether oxygens (including phenoxy) is 1. The Hall–Kier alpha value is -1.22. The van der Waals surface area contributed by atoms with Crippen molar-refractivity contribution in [3.8, 4) is 5.75 Å². The molecule has 18 heavy (non-hydrogen) atoms. The number of nitrogens with one attached hydrogen (secondary N) is 1. The summed E-state index contributed by atoms with van der Waals surface area (Å²) in [4.78, 5) is 0. The van der Waals surface area contributed by atoms with Crippen molar-refractivity contribution in [2.24, 2.45) is 0 Å². The third-order valence-corrected chi connectivity index (χ3v) is 3.46. The Bertz CT molecular complexity index is 444. The van der Waals surface area contributed by atoms with Gasteiger partial charge < -0.3 is 10.1 Å². The molecule has 0 saturated carbocycles. The fraction of sp³-hybridized carbons (Fsp3) is 0.467. The normalized spacial score (nSPS) is 23.0. The van der Waals surface area contributed by atoms with Crippen LogP contribution in [0.15, 0.2) is 24.8 Å². The molecule has 1 N–H and O–H groups in total. The molecule has 1 aromatic rings. The Kier molecular flexibility index (Phi) is 4.13. The third kappa shape index (κ3) is 2.78. The lowest BCUT2D eigenvalue weighted by Crippen LogP contribution is -2.28. The van der Waals surface area contributed by atoms with Crippen LogP contribution >= 0.6 is 0 Å². The van der Waals surface area contributed by atoms with Crippen LogP contribution in [0.1, 0.15) is 30.9 Å². The van der Waals surface area contributed by atoms with Crippen molar-refractivity contribution in [1.82, 2.24) is 5.32 Å². The van der Waals surface area contributed by atoms with Gasteiger partial charge in [0.25, 0.3) is 0 Å². The lowest BCUT2D eigenvalue weighted by molar-refractivity contribution is 0.365. The first-order valence-corrected chi connectivity index (χ1v) is 6.51. The topological polar surface area (TPSA) is 21.3 Å². The van der Waals surface area contributed by atoms with Gasteiger partial charge in [0.05, 0.1) is 0 Å². The molecule has 0 bridgehead atoms. The largest absolute Gasteiger partial charge is 0.490 e. The maximum Gasteiger partial charge on any atom is 0.119 e. The molecule has 1 aromatic carbocycles. The van der Waals surface area contributed by atoms with Crippen molar-refractivity contribution in [3.63, 3.8) is 0 Å². The molecule has 0 fully saturated rings. The first kappa shape index (κ1) is 13.2. The molecule has 2 unspecified atom stereocenters. The molecule has 0 aromatic heterocycles. The molecule has 94 valence electrons. The standard InChI is InChI=1S/C15H20BNO/c1-4-5-18-15-7-12-6-11(3)17-9-10(2)13(12)8-14(15)16/h4,7-8,10-11,17H,1,5-6,9H2,2-3H3. The van der Waals surface area contributed by atoms with Crippen molar-refractivity contribution in [1.29, 1.82) is 0 Å². The number of hydrogen-bond acceptors (Lipinski definition) is 2. The van der Waals surface area contributed by atoms with Crippen LogP contribution in [0.5, 0.6) is 5.75 Å². The minimum atomic E-state index is 0.487. The van der Waals surface area contributed by atoms with Gasteiger partial charge in [-0.05, 0) is 36.5 Å². The predicted molar refractivity (Wildman–Crippen MR) is 77.1 cm³/mol. The zero-order chi connectivity index (χ0) is 13.1. The molecule has 1 heterocycles. The van der Waals surface area contributed by atoms with Crippen LogP contribution in [-0.4, -0.2) is 27.0 Å². The summed E-state index contributed by atoms with van der Waals surface area (Å²) in [6.07, 6.45) is 2.75. The summed E-state index contributed by atoms with van der Waals surface area (Å²) in [6.45, 7) is 9.59. The van der Waals surface area contributed by atoms with Crippen LogP contribution in [0.25, 0.3) is 0 Å². The second-order valence-corrected chi connectivity index (χ2v) is 5.10. The van der Waals surface area contributed by atoms with Gasteiger partial charge in [0.15, 0.2) is 0 Å². The van der Waals surface area contributed by atoms with E-state index < -0.39 is 0 Å². The van der Waals surface area contributed by atoms with Crippen LogP contribution < -0.4 is 15.5 Å². The van der Waals surface area contributed by atoms with Crippen molar-refractivity contribution in [2.75, 3.05) is 13.2 Å². The second-order valence-electron chi connectivity index (χ2n) is 5.10. The Morgan fingerprint density at radius 3 is 3.00 bits per heavy atom. The number of rotatable bonds is 3. The number of hydrogen-bond donors (Lipinski definition) is 1. The van der Waals surface area contributed by atoms with Gasteiger partial charge in [0.2, 0.25) is 0 Å². The molecule has 1 aliphatic rings.